The first kappa shape index (κ1) is 25.9. The van der Waals surface area contributed by atoms with Crippen LogP contribution in [-0.2, 0) is 4.74 Å². The Hall–Kier alpha value is -4.68. The molecule has 0 fully saturated rings. The lowest BCUT2D eigenvalue weighted by molar-refractivity contribution is -0.387. The molecule has 2 aromatic carbocycles. The Morgan fingerprint density at radius 1 is 1.03 bits per heavy atom. The maximum Gasteiger partial charge on any atom is 0.412 e. The molecule has 0 atom stereocenters. The number of halogens is 1. The van der Waals surface area contributed by atoms with Gasteiger partial charge in [0.05, 0.1) is 30.5 Å². The Labute approximate surface area is 206 Å². The van der Waals surface area contributed by atoms with E-state index in [1.807, 2.05) is 0 Å². The van der Waals surface area contributed by atoms with Gasteiger partial charge < -0.3 is 24.8 Å². The van der Waals surface area contributed by atoms with Gasteiger partial charge in [-0.3, -0.25) is 15.4 Å². The smallest absolute Gasteiger partial charge is 0.412 e. The Kier molecular flexibility index (Phi) is 7.72. The van der Waals surface area contributed by atoms with E-state index in [9.17, 15) is 19.3 Å². The molecule has 0 saturated heterocycles. The number of rotatable bonds is 8. The molecule has 1 heterocycles. The normalized spacial score (nSPS) is 10.8. The molecule has 12 nitrogen and oxygen atoms in total. The van der Waals surface area contributed by atoms with Gasteiger partial charge in [-0.25, -0.2) is 9.78 Å². The molecule has 0 aliphatic carbocycles. The number of carbonyl (C=O) groups is 1. The van der Waals surface area contributed by atoms with Crippen LogP contribution in [0.5, 0.6) is 11.5 Å². The van der Waals surface area contributed by atoms with Gasteiger partial charge >= 0.3 is 11.8 Å². The van der Waals surface area contributed by atoms with Crippen molar-refractivity contribution in [2.45, 2.75) is 26.4 Å². The predicted octanol–water partition coefficient (Wildman–Crippen LogP) is 5.38. The highest BCUT2D eigenvalue weighted by Crippen LogP contribution is 2.34. The van der Waals surface area contributed by atoms with Gasteiger partial charge in [0.15, 0.2) is 0 Å². The zero-order valence-electron chi connectivity index (χ0n) is 20.2. The Bertz CT molecular complexity index is 1280. The summed E-state index contributed by atoms with van der Waals surface area (Å²) in [7, 11) is 2.79. The average Bonchev–Trinajstić information content (AvgIpc) is 2.79. The van der Waals surface area contributed by atoms with Crippen LogP contribution in [0.2, 0.25) is 0 Å². The molecule has 0 bridgehead atoms. The minimum Gasteiger partial charge on any atom is -0.495 e. The number of hydrogen-bond donors (Lipinski definition) is 3. The third-order valence-corrected chi connectivity index (χ3v) is 4.48. The molecule has 3 N–H and O–H groups in total. The van der Waals surface area contributed by atoms with Crippen molar-refractivity contribution in [2.75, 3.05) is 30.2 Å². The minimum atomic E-state index is -1.04. The van der Waals surface area contributed by atoms with Crippen LogP contribution in [0.1, 0.15) is 20.8 Å². The van der Waals surface area contributed by atoms with Gasteiger partial charge in [0.25, 0.3) is 0 Å². The number of benzene rings is 2. The Morgan fingerprint density at radius 2 is 1.72 bits per heavy atom. The van der Waals surface area contributed by atoms with Gasteiger partial charge in [0, 0.05) is 24.0 Å². The molecular weight excluding hydrogens is 475 g/mol. The molecular formula is C23H25FN6O6. The molecule has 0 saturated carbocycles. The van der Waals surface area contributed by atoms with Crippen LogP contribution < -0.4 is 25.4 Å². The van der Waals surface area contributed by atoms with Crippen LogP contribution in [0.4, 0.5) is 43.7 Å². The summed E-state index contributed by atoms with van der Waals surface area (Å²) in [5, 5.41) is 19.6. The number of anilines is 5. The van der Waals surface area contributed by atoms with E-state index in [0.29, 0.717) is 22.9 Å². The van der Waals surface area contributed by atoms with Crippen molar-refractivity contribution in [1.82, 2.24) is 9.97 Å². The van der Waals surface area contributed by atoms with Crippen LogP contribution in [0.3, 0.4) is 0 Å². The lowest BCUT2D eigenvalue weighted by Crippen LogP contribution is -2.27. The topological polar surface area (TPSA) is 150 Å². The van der Waals surface area contributed by atoms with Gasteiger partial charge in [0.1, 0.15) is 22.9 Å². The monoisotopic (exact) mass is 500 g/mol. The number of aromatic nitrogens is 2. The minimum absolute atomic E-state index is 0.0302. The Morgan fingerprint density at radius 3 is 2.36 bits per heavy atom. The number of nitro benzene ring substituents is 1. The van der Waals surface area contributed by atoms with E-state index in [2.05, 4.69) is 25.9 Å². The standard InChI is InChI=1S/C23H25FN6O6/c1-23(2,3)36-22(31)26-13-6-7-18(34-4)15(10-13)27-20-8-9-25-21(29-20)28-16-12-17(30(32)33)14(24)11-19(16)35-5/h6-12H,1-5H3,(H,26,31)(H2,25,27,28,29). The van der Waals surface area contributed by atoms with Crippen molar-refractivity contribution in [2.24, 2.45) is 0 Å². The maximum atomic E-state index is 13.9. The summed E-state index contributed by atoms with van der Waals surface area (Å²) < 4.78 is 29.7. The first-order valence-corrected chi connectivity index (χ1v) is 10.6. The van der Waals surface area contributed by atoms with Crippen molar-refractivity contribution < 1.29 is 28.3 Å². The molecule has 36 heavy (non-hydrogen) atoms. The molecule has 1 amide bonds. The summed E-state index contributed by atoms with van der Waals surface area (Å²) in [4.78, 5) is 30.8. The van der Waals surface area contributed by atoms with E-state index >= 15 is 0 Å². The predicted molar refractivity (Wildman–Crippen MR) is 131 cm³/mol. The van der Waals surface area contributed by atoms with E-state index in [0.717, 1.165) is 12.1 Å². The number of nitro groups is 1. The lowest BCUT2D eigenvalue weighted by atomic mass is 10.2. The third-order valence-electron chi connectivity index (χ3n) is 4.48. The lowest BCUT2D eigenvalue weighted by Gasteiger charge is -2.20. The first-order chi connectivity index (χ1) is 17.0. The molecule has 190 valence electrons. The highest BCUT2D eigenvalue weighted by molar-refractivity contribution is 5.86. The summed E-state index contributed by atoms with van der Waals surface area (Å²) in [6.07, 6.45) is 0.826. The molecule has 1 aromatic heterocycles. The molecule has 13 heteroatoms. The van der Waals surface area contributed by atoms with Crippen LogP contribution >= 0.6 is 0 Å². The fourth-order valence-electron chi connectivity index (χ4n) is 3.00. The third kappa shape index (κ3) is 6.68. The van der Waals surface area contributed by atoms with Crippen molar-refractivity contribution in [3.8, 4) is 11.5 Å². The van der Waals surface area contributed by atoms with E-state index in [1.54, 1.807) is 45.0 Å². The molecule has 0 aliphatic rings. The second-order valence-electron chi connectivity index (χ2n) is 8.32. The van der Waals surface area contributed by atoms with E-state index in [1.165, 1.54) is 20.4 Å². The van der Waals surface area contributed by atoms with E-state index in [4.69, 9.17) is 14.2 Å². The maximum absolute atomic E-state index is 13.9. The number of nitrogens with one attached hydrogen (secondary N) is 3. The second kappa shape index (κ2) is 10.7. The number of methoxy groups -OCH3 is 2. The van der Waals surface area contributed by atoms with Crippen molar-refractivity contribution >= 4 is 40.6 Å². The molecule has 3 aromatic rings. The van der Waals surface area contributed by atoms with Gasteiger partial charge in [-0.05, 0) is 45.0 Å². The summed E-state index contributed by atoms with van der Waals surface area (Å²) in [6, 6.07) is 8.39. The van der Waals surface area contributed by atoms with Crippen LogP contribution in [0, 0.1) is 15.9 Å². The van der Waals surface area contributed by atoms with Gasteiger partial charge in [0.2, 0.25) is 11.8 Å². The van der Waals surface area contributed by atoms with Crippen molar-refractivity contribution in [3.63, 3.8) is 0 Å². The molecule has 0 unspecified atom stereocenters. The largest absolute Gasteiger partial charge is 0.495 e. The summed E-state index contributed by atoms with van der Waals surface area (Å²) >= 11 is 0. The summed E-state index contributed by atoms with van der Waals surface area (Å²) in [6.45, 7) is 5.27. The van der Waals surface area contributed by atoms with Crippen LogP contribution in [0.25, 0.3) is 0 Å². The highest BCUT2D eigenvalue weighted by atomic mass is 19.1. The molecule has 0 radical (unpaired) electrons. The number of amides is 1. The number of ether oxygens (including phenoxy) is 3. The molecule has 0 aliphatic heterocycles. The fraction of sp³-hybridized carbons (Fsp3) is 0.261. The number of hydrogen-bond acceptors (Lipinski definition) is 10. The van der Waals surface area contributed by atoms with Gasteiger partial charge in [-0.1, -0.05) is 0 Å². The summed E-state index contributed by atoms with van der Waals surface area (Å²) in [5.41, 5.74) is -0.361. The zero-order chi connectivity index (χ0) is 26.5. The fourth-order valence-corrected chi connectivity index (χ4v) is 3.00. The second-order valence-corrected chi connectivity index (χ2v) is 8.32. The van der Waals surface area contributed by atoms with E-state index in [-0.39, 0.29) is 17.4 Å². The highest BCUT2D eigenvalue weighted by Gasteiger charge is 2.20. The van der Waals surface area contributed by atoms with Crippen molar-refractivity contribution in [3.05, 3.63) is 58.5 Å². The zero-order valence-corrected chi connectivity index (χ0v) is 20.2. The molecule has 0 spiro atoms. The van der Waals surface area contributed by atoms with Crippen molar-refractivity contribution in [1.29, 1.82) is 0 Å². The number of carbonyl (C=O) groups excluding carboxylic acids is 1. The summed E-state index contributed by atoms with van der Waals surface area (Å²) in [5.74, 6) is -0.154. The van der Waals surface area contributed by atoms with Gasteiger partial charge in [-0.15, -0.1) is 0 Å². The average molecular weight is 500 g/mol. The van der Waals surface area contributed by atoms with Crippen LogP contribution in [0.15, 0.2) is 42.6 Å². The Balaban J connectivity index is 1.84. The SMILES string of the molecule is COc1ccc(NC(=O)OC(C)(C)C)cc1Nc1ccnc(Nc2cc([N+](=O)[O-])c(F)cc2OC)n1. The van der Waals surface area contributed by atoms with E-state index < -0.39 is 28.1 Å². The van der Waals surface area contributed by atoms with Gasteiger partial charge in [-0.2, -0.15) is 9.37 Å². The number of nitrogens with zero attached hydrogens (tertiary/aromatic N) is 3. The first-order valence-electron chi connectivity index (χ1n) is 10.6. The van der Waals surface area contributed by atoms with Crippen LogP contribution in [-0.4, -0.2) is 40.8 Å². The quantitative estimate of drug-likeness (QED) is 0.272. The molecule has 3 rings (SSSR count).